The summed E-state index contributed by atoms with van der Waals surface area (Å²) in [5, 5.41) is 5.43. The van der Waals surface area contributed by atoms with Crippen molar-refractivity contribution in [3.8, 4) is 0 Å². The van der Waals surface area contributed by atoms with Crippen LogP contribution < -0.4 is 10.6 Å². The van der Waals surface area contributed by atoms with Crippen LogP contribution in [0.4, 0.5) is 5.69 Å². The summed E-state index contributed by atoms with van der Waals surface area (Å²) in [4.78, 5) is 34.5. The van der Waals surface area contributed by atoms with Crippen LogP contribution in [0.1, 0.15) is 23.2 Å². The average Bonchev–Trinajstić information content (AvgIpc) is 2.47. The van der Waals surface area contributed by atoms with E-state index >= 15 is 0 Å². The Kier molecular flexibility index (Phi) is 4.34. The van der Waals surface area contributed by atoms with E-state index < -0.39 is 5.97 Å². The van der Waals surface area contributed by atoms with Gasteiger partial charge < -0.3 is 15.4 Å². The molecule has 1 unspecified atom stereocenters. The molecule has 0 saturated carbocycles. The highest BCUT2D eigenvalue weighted by atomic mass is 16.5. The van der Waals surface area contributed by atoms with E-state index in [1.165, 1.54) is 7.11 Å². The zero-order chi connectivity index (χ0) is 14.5. The predicted molar refractivity (Wildman–Crippen MR) is 72.1 cm³/mol. The van der Waals surface area contributed by atoms with Gasteiger partial charge in [0.15, 0.2) is 0 Å². The molecular weight excluding hydrogens is 260 g/mol. The molecule has 20 heavy (non-hydrogen) atoms. The van der Waals surface area contributed by atoms with Crippen molar-refractivity contribution in [3.63, 3.8) is 0 Å². The highest BCUT2D eigenvalue weighted by Gasteiger charge is 2.25. The van der Waals surface area contributed by atoms with E-state index in [2.05, 4.69) is 15.4 Å². The lowest BCUT2D eigenvalue weighted by molar-refractivity contribution is -0.129. The molecule has 1 saturated heterocycles. The number of hydrogen-bond donors (Lipinski definition) is 2. The minimum atomic E-state index is -0.424. The topological polar surface area (TPSA) is 84.5 Å². The van der Waals surface area contributed by atoms with Crippen LogP contribution in [0.25, 0.3) is 0 Å². The van der Waals surface area contributed by atoms with Gasteiger partial charge >= 0.3 is 5.97 Å². The van der Waals surface area contributed by atoms with Crippen LogP contribution in [0, 0.1) is 5.92 Å². The van der Waals surface area contributed by atoms with E-state index in [1.54, 1.807) is 24.3 Å². The number of nitrogens with one attached hydrogen (secondary N) is 2. The fourth-order valence-corrected chi connectivity index (χ4v) is 2.06. The van der Waals surface area contributed by atoms with Crippen LogP contribution in [0.15, 0.2) is 24.3 Å². The number of carbonyl (C=O) groups excluding carboxylic acids is 3. The molecule has 1 fully saturated rings. The van der Waals surface area contributed by atoms with Gasteiger partial charge in [0.25, 0.3) is 0 Å². The maximum absolute atomic E-state index is 12.0. The Hall–Kier alpha value is -2.37. The zero-order valence-corrected chi connectivity index (χ0v) is 11.1. The Balaban J connectivity index is 1.97. The first-order chi connectivity index (χ1) is 9.60. The molecule has 1 heterocycles. The van der Waals surface area contributed by atoms with Crippen molar-refractivity contribution < 1.29 is 19.1 Å². The lowest BCUT2D eigenvalue weighted by Gasteiger charge is -2.21. The molecule has 0 radical (unpaired) electrons. The van der Waals surface area contributed by atoms with Gasteiger partial charge in [-0.1, -0.05) is 0 Å². The molecule has 6 nitrogen and oxygen atoms in total. The molecule has 2 N–H and O–H groups in total. The summed E-state index contributed by atoms with van der Waals surface area (Å²) < 4.78 is 4.59. The number of carbonyl (C=O) groups is 3. The molecule has 1 aromatic carbocycles. The predicted octanol–water partition coefficient (Wildman–Crippen LogP) is 0.938. The fourth-order valence-electron chi connectivity index (χ4n) is 2.06. The van der Waals surface area contributed by atoms with Crippen molar-refractivity contribution in [1.29, 1.82) is 0 Å². The normalized spacial score (nSPS) is 18.1. The van der Waals surface area contributed by atoms with Crippen LogP contribution in [-0.2, 0) is 14.3 Å². The maximum atomic E-state index is 12.0. The number of ether oxygens (including phenoxy) is 1. The summed E-state index contributed by atoms with van der Waals surface area (Å²) in [7, 11) is 1.31. The van der Waals surface area contributed by atoms with Gasteiger partial charge in [-0.05, 0) is 30.7 Å². The Labute approximate surface area is 116 Å². The van der Waals surface area contributed by atoms with Gasteiger partial charge in [-0.15, -0.1) is 0 Å². The second-order valence-corrected chi connectivity index (χ2v) is 4.60. The molecule has 106 valence electrons. The highest BCUT2D eigenvalue weighted by Crippen LogP contribution is 2.17. The van der Waals surface area contributed by atoms with Gasteiger partial charge in [0.05, 0.1) is 12.7 Å². The molecule has 6 heteroatoms. The van der Waals surface area contributed by atoms with Crippen LogP contribution >= 0.6 is 0 Å². The largest absolute Gasteiger partial charge is 0.465 e. The number of amides is 2. The van der Waals surface area contributed by atoms with Crippen molar-refractivity contribution >= 4 is 23.5 Å². The third kappa shape index (κ3) is 3.34. The van der Waals surface area contributed by atoms with Crippen molar-refractivity contribution in [2.24, 2.45) is 5.92 Å². The van der Waals surface area contributed by atoms with Crippen LogP contribution in [0.3, 0.4) is 0 Å². The van der Waals surface area contributed by atoms with Crippen molar-refractivity contribution in [1.82, 2.24) is 5.32 Å². The van der Waals surface area contributed by atoms with Gasteiger partial charge in [0, 0.05) is 24.6 Å². The minimum Gasteiger partial charge on any atom is -0.465 e. The quantitative estimate of drug-likeness (QED) is 0.805. The molecule has 1 aliphatic rings. The highest BCUT2D eigenvalue weighted by molar-refractivity contribution is 5.96. The second-order valence-electron chi connectivity index (χ2n) is 4.60. The molecule has 1 aliphatic heterocycles. The Morgan fingerprint density at radius 1 is 1.30 bits per heavy atom. The Morgan fingerprint density at radius 3 is 2.60 bits per heavy atom. The molecular formula is C14H16N2O4. The van der Waals surface area contributed by atoms with E-state index in [-0.39, 0.29) is 24.2 Å². The second kappa shape index (κ2) is 6.18. The van der Waals surface area contributed by atoms with Crippen molar-refractivity contribution in [2.75, 3.05) is 19.0 Å². The lowest BCUT2D eigenvalue weighted by Crippen LogP contribution is -2.38. The van der Waals surface area contributed by atoms with Gasteiger partial charge in [-0.25, -0.2) is 4.79 Å². The summed E-state index contributed by atoms with van der Waals surface area (Å²) in [5.41, 5.74) is 1.01. The first kappa shape index (κ1) is 14.0. The summed E-state index contributed by atoms with van der Waals surface area (Å²) in [5.74, 6) is -1.00. The summed E-state index contributed by atoms with van der Waals surface area (Å²) in [6.07, 6.45) is 0.851. The summed E-state index contributed by atoms with van der Waals surface area (Å²) in [6, 6.07) is 6.42. The van der Waals surface area contributed by atoms with Gasteiger partial charge in [-0.2, -0.15) is 0 Å². The third-order valence-corrected chi connectivity index (χ3v) is 3.19. The molecule has 1 aromatic rings. The molecule has 0 aliphatic carbocycles. The van der Waals surface area contributed by atoms with Gasteiger partial charge in [0.1, 0.15) is 0 Å². The average molecular weight is 276 g/mol. The van der Waals surface area contributed by atoms with Crippen LogP contribution in [-0.4, -0.2) is 31.4 Å². The van der Waals surface area contributed by atoms with Gasteiger partial charge in [-0.3, -0.25) is 9.59 Å². The fraction of sp³-hybridized carbons (Fsp3) is 0.357. The van der Waals surface area contributed by atoms with E-state index in [1.807, 2.05) is 0 Å². The molecule has 2 amide bonds. The number of anilines is 1. The molecule has 1 atom stereocenters. The molecule has 2 rings (SSSR count). The maximum Gasteiger partial charge on any atom is 0.337 e. The molecule has 0 bridgehead atoms. The van der Waals surface area contributed by atoms with E-state index in [0.29, 0.717) is 24.2 Å². The zero-order valence-electron chi connectivity index (χ0n) is 11.1. The number of piperidine rings is 1. The van der Waals surface area contributed by atoms with Crippen LogP contribution in [0.2, 0.25) is 0 Å². The SMILES string of the molecule is COC(=O)c1ccc(NC(=O)C2CCNC(=O)C2)cc1. The third-order valence-electron chi connectivity index (χ3n) is 3.19. The van der Waals surface area contributed by atoms with E-state index in [0.717, 1.165) is 0 Å². The van der Waals surface area contributed by atoms with Gasteiger partial charge in [0.2, 0.25) is 11.8 Å². The minimum absolute atomic E-state index is 0.0996. The smallest absolute Gasteiger partial charge is 0.337 e. The first-order valence-electron chi connectivity index (χ1n) is 6.36. The lowest BCUT2D eigenvalue weighted by atomic mass is 9.96. The number of hydrogen-bond acceptors (Lipinski definition) is 4. The van der Waals surface area contributed by atoms with Crippen molar-refractivity contribution in [2.45, 2.75) is 12.8 Å². The molecule has 0 aromatic heterocycles. The Bertz CT molecular complexity index is 524. The number of methoxy groups -OCH3 is 1. The van der Waals surface area contributed by atoms with E-state index in [9.17, 15) is 14.4 Å². The number of esters is 1. The number of benzene rings is 1. The van der Waals surface area contributed by atoms with Crippen molar-refractivity contribution in [3.05, 3.63) is 29.8 Å². The Morgan fingerprint density at radius 2 is 2.00 bits per heavy atom. The number of rotatable bonds is 3. The standard InChI is InChI=1S/C14H16N2O4/c1-20-14(19)9-2-4-11(5-3-9)16-13(18)10-6-7-15-12(17)8-10/h2-5,10H,6-8H2,1H3,(H,15,17)(H,16,18). The summed E-state index contributed by atoms with van der Waals surface area (Å²) >= 11 is 0. The van der Waals surface area contributed by atoms with E-state index in [4.69, 9.17) is 0 Å². The van der Waals surface area contributed by atoms with Crippen LogP contribution in [0.5, 0.6) is 0 Å². The molecule has 0 spiro atoms. The monoisotopic (exact) mass is 276 g/mol. The first-order valence-corrected chi connectivity index (χ1v) is 6.36. The summed E-state index contributed by atoms with van der Waals surface area (Å²) in [6.45, 7) is 0.526.